The second kappa shape index (κ2) is 51.3. The summed E-state index contributed by atoms with van der Waals surface area (Å²) >= 11 is 0. The molecule has 6 N–H and O–H groups in total. The molecule has 11 nitrogen and oxygen atoms in total. The van der Waals surface area contributed by atoms with Crippen LogP contribution in [0.1, 0.15) is 290 Å². The van der Waals surface area contributed by atoms with Crippen molar-refractivity contribution in [3.63, 3.8) is 0 Å². The van der Waals surface area contributed by atoms with Gasteiger partial charge in [-0.2, -0.15) is 0 Å². The average molecular weight is 1020 g/mol. The van der Waals surface area contributed by atoms with Gasteiger partial charge in [-0.05, 0) is 57.8 Å². The molecule has 0 spiro atoms. The van der Waals surface area contributed by atoms with Crippen LogP contribution < -0.4 is 5.32 Å². The zero-order valence-electron chi connectivity index (χ0n) is 46.7. The van der Waals surface area contributed by atoms with Crippen molar-refractivity contribution in [3.8, 4) is 0 Å². The number of hydrogen-bond donors (Lipinski definition) is 6. The molecule has 0 aliphatic carbocycles. The number of allylic oxidation sites excluding steroid dienone is 3. The van der Waals surface area contributed by atoms with Crippen LogP contribution in [0.3, 0.4) is 0 Å². The maximum atomic E-state index is 13.0. The fourth-order valence-corrected chi connectivity index (χ4v) is 9.67. The number of rotatable bonds is 53. The summed E-state index contributed by atoms with van der Waals surface area (Å²) in [6, 6.07) is -0.813. The van der Waals surface area contributed by atoms with Gasteiger partial charge < -0.3 is 45.1 Å². The standard InChI is InChI=1S/C61H115NO10/c1-3-5-7-9-11-13-14-15-16-17-18-19-23-26-29-33-37-41-45-49-57(66)70-50-46-42-38-34-30-27-24-21-20-22-25-28-32-36-40-44-48-56(65)62-53(54(64)47-43-39-35-31-12-10-8-6-4-2)52-71-61-60(69)59(68)58(67)55(51-63)72-61/h15-16,43,47,53-55,58-61,63-64,67-69H,3-14,17-42,44-46,48-52H2,1-2H3,(H,62,65)/b16-15-,47-43+. The number of unbranched alkanes of at least 4 members (excludes halogenated alkanes) is 37. The summed E-state index contributed by atoms with van der Waals surface area (Å²) in [5, 5.41) is 54.2. The van der Waals surface area contributed by atoms with E-state index >= 15 is 0 Å². The van der Waals surface area contributed by atoms with Crippen molar-refractivity contribution in [1.29, 1.82) is 0 Å². The van der Waals surface area contributed by atoms with Crippen LogP contribution in [0.15, 0.2) is 24.3 Å². The molecule has 11 heteroatoms. The molecule has 72 heavy (non-hydrogen) atoms. The molecule has 0 aromatic carbocycles. The van der Waals surface area contributed by atoms with E-state index < -0.39 is 49.5 Å². The van der Waals surface area contributed by atoms with Gasteiger partial charge in [-0.3, -0.25) is 9.59 Å². The Balaban J connectivity index is 2.00. The van der Waals surface area contributed by atoms with Gasteiger partial charge in [0.15, 0.2) is 6.29 Å². The summed E-state index contributed by atoms with van der Waals surface area (Å²) in [4.78, 5) is 25.1. The first kappa shape index (κ1) is 68.2. The Labute approximate surface area is 441 Å². The summed E-state index contributed by atoms with van der Waals surface area (Å²) < 4.78 is 16.7. The van der Waals surface area contributed by atoms with Crippen molar-refractivity contribution >= 4 is 11.9 Å². The Morgan fingerprint density at radius 2 is 0.889 bits per heavy atom. The Kier molecular flexibility index (Phi) is 48.5. The molecule has 1 heterocycles. The first-order valence-electron chi connectivity index (χ1n) is 30.6. The van der Waals surface area contributed by atoms with Gasteiger partial charge in [-0.1, -0.05) is 244 Å². The number of nitrogens with one attached hydrogen (secondary N) is 1. The highest BCUT2D eigenvalue weighted by atomic mass is 16.7. The van der Waals surface area contributed by atoms with Gasteiger partial charge in [-0.15, -0.1) is 0 Å². The molecule has 7 unspecified atom stereocenters. The topological polar surface area (TPSA) is 175 Å². The molecule has 1 amide bonds. The third-order valence-corrected chi connectivity index (χ3v) is 14.6. The smallest absolute Gasteiger partial charge is 0.305 e. The van der Waals surface area contributed by atoms with Crippen LogP contribution >= 0.6 is 0 Å². The molecular weight excluding hydrogens is 907 g/mol. The average Bonchev–Trinajstić information content (AvgIpc) is 3.38. The minimum absolute atomic E-state index is 0.0151. The van der Waals surface area contributed by atoms with Crippen molar-refractivity contribution in [3.05, 3.63) is 24.3 Å². The first-order chi connectivity index (χ1) is 35.2. The Hall–Kier alpha value is -1.86. The third kappa shape index (κ3) is 40.5. The maximum absolute atomic E-state index is 13.0. The maximum Gasteiger partial charge on any atom is 0.305 e. The van der Waals surface area contributed by atoms with Gasteiger partial charge in [-0.25, -0.2) is 0 Å². The monoisotopic (exact) mass is 1020 g/mol. The van der Waals surface area contributed by atoms with Gasteiger partial charge in [0.1, 0.15) is 24.4 Å². The van der Waals surface area contributed by atoms with E-state index in [1.165, 1.54) is 193 Å². The number of carbonyl (C=O) groups excluding carboxylic acids is 2. The molecular formula is C61H115NO10. The zero-order chi connectivity index (χ0) is 52.4. The van der Waals surface area contributed by atoms with Crippen molar-refractivity contribution in [2.75, 3.05) is 19.8 Å². The van der Waals surface area contributed by atoms with Crippen LogP contribution in [-0.2, 0) is 23.8 Å². The van der Waals surface area contributed by atoms with E-state index in [-0.39, 0.29) is 18.5 Å². The summed E-state index contributed by atoms with van der Waals surface area (Å²) in [6.07, 6.45) is 51.4. The van der Waals surface area contributed by atoms with Gasteiger partial charge >= 0.3 is 5.97 Å². The lowest BCUT2D eigenvalue weighted by Crippen LogP contribution is -2.60. The zero-order valence-corrected chi connectivity index (χ0v) is 46.7. The normalized spacial score (nSPS) is 19.1. The second-order valence-corrected chi connectivity index (χ2v) is 21.4. The molecule has 1 rings (SSSR count). The highest BCUT2D eigenvalue weighted by Crippen LogP contribution is 2.23. The van der Waals surface area contributed by atoms with Crippen molar-refractivity contribution in [1.82, 2.24) is 5.32 Å². The first-order valence-corrected chi connectivity index (χ1v) is 30.6. The summed E-state index contributed by atoms with van der Waals surface area (Å²) in [5.74, 6) is -0.205. The minimum Gasteiger partial charge on any atom is -0.466 e. The lowest BCUT2D eigenvalue weighted by atomic mass is 9.99. The third-order valence-electron chi connectivity index (χ3n) is 14.6. The molecule has 0 bridgehead atoms. The largest absolute Gasteiger partial charge is 0.466 e. The van der Waals surface area contributed by atoms with E-state index in [1.54, 1.807) is 6.08 Å². The van der Waals surface area contributed by atoms with E-state index in [4.69, 9.17) is 14.2 Å². The lowest BCUT2D eigenvalue weighted by Gasteiger charge is -2.40. The fourth-order valence-electron chi connectivity index (χ4n) is 9.67. The van der Waals surface area contributed by atoms with Gasteiger partial charge in [0.05, 0.1) is 32.0 Å². The van der Waals surface area contributed by atoms with Crippen LogP contribution in [0, 0.1) is 0 Å². The molecule has 1 fully saturated rings. The van der Waals surface area contributed by atoms with Crippen LogP contribution in [0.5, 0.6) is 0 Å². The number of ether oxygens (including phenoxy) is 3. The van der Waals surface area contributed by atoms with Crippen LogP contribution in [0.2, 0.25) is 0 Å². The van der Waals surface area contributed by atoms with E-state index in [9.17, 15) is 35.1 Å². The molecule has 1 aliphatic heterocycles. The highest BCUT2D eigenvalue weighted by molar-refractivity contribution is 5.76. The molecule has 424 valence electrons. The Morgan fingerprint density at radius 3 is 1.33 bits per heavy atom. The Bertz CT molecular complexity index is 1250. The number of hydrogen-bond acceptors (Lipinski definition) is 10. The highest BCUT2D eigenvalue weighted by Gasteiger charge is 2.44. The number of aliphatic hydroxyl groups is 5. The van der Waals surface area contributed by atoms with Crippen LogP contribution in [-0.4, -0.2) is 100 Å². The van der Waals surface area contributed by atoms with Crippen molar-refractivity contribution < 1.29 is 49.3 Å². The molecule has 1 saturated heterocycles. The van der Waals surface area contributed by atoms with Gasteiger partial charge in [0.25, 0.3) is 0 Å². The van der Waals surface area contributed by atoms with E-state index in [2.05, 4.69) is 31.3 Å². The van der Waals surface area contributed by atoms with Crippen molar-refractivity contribution in [2.45, 2.75) is 333 Å². The van der Waals surface area contributed by atoms with Crippen LogP contribution in [0.25, 0.3) is 0 Å². The second-order valence-electron chi connectivity index (χ2n) is 21.4. The summed E-state index contributed by atoms with van der Waals surface area (Å²) in [5.41, 5.74) is 0. The van der Waals surface area contributed by atoms with E-state index in [0.717, 1.165) is 70.6 Å². The number of carbonyl (C=O) groups is 2. The molecule has 0 saturated carbocycles. The number of amides is 1. The minimum atomic E-state index is -1.57. The number of esters is 1. The van der Waals surface area contributed by atoms with Crippen LogP contribution in [0.4, 0.5) is 0 Å². The SMILES string of the molecule is CCCCCCCC/C=C\CCCCCCCCCCCC(=O)OCCCCCCCCCCCCCCCCCCC(=O)NC(COC1OC(CO)C(O)C(O)C1O)C(O)/C=C/CCCCCCCCC. The Morgan fingerprint density at radius 1 is 0.500 bits per heavy atom. The molecule has 0 radical (unpaired) electrons. The fraction of sp³-hybridized carbons (Fsp3) is 0.902. The summed E-state index contributed by atoms with van der Waals surface area (Å²) in [7, 11) is 0. The van der Waals surface area contributed by atoms with Gasteiger partial charge in [0.2, 0.25) is 5.91 Å². The van der Waals surface area contributed by atoms with Crippen molar-refractivity contribution in [2.24, 2.45) is 0 Å². The molecule has 7 atom stereocenters. The number of aliphatic hydroxyl groups excluding tert-OH is 5. The molecule has 1 aliphatic rings. The quantitative estimate of drug-likeness (QED) is 0.0195. The predicted molar refractivity (Wildman–Crippen MR) is 297 cm³/mol. The van der Waals surface area contributed by atoms with E-state index in [1.807, 2.05) is 6.08 Å². The lowest BCUT2D eigenvalue weighted by molar-refractivity contribution is -0.302. The summed E-state index contributed by atoms with van der Waals surface area (Å²) in [6.45, 7) is 4.30. The van der Waals surface area contributed by atoms with Gasteiger partial charge in [0, 0.05) is 12.8 Å². The molecule has 0 aromatic heterocycles. The van der Waals surface area contributed by atoms with E-state index in [0.29, 0.717) is 19.4 Å². The predicted octanol–water partition coefficient (Wildman–Crippen LogP) is 14.1. The molecule has 0 aromatic rings.